The molecule has 2 heteroatoms. The van der Waals surface area contributed by atoms with Gasteiger partial charge in [-0.1, -0.05) is 13.3 Å². The van der Waals surface area contributed by atoms with Crippen LogP contribution >= 0.6 is 0 Å². The van der Waals surface area contributed by atoms with Crippen LogP contribution in [0, 0.1) is 11.3 Å². The summed E-state index contributed by atoms with van der Waals surface area (Å²) in [4.78, 5) is 2.31. The molecule has 0 N–H and O–H groups in total. The van der Waals surface area contributed by atoms with Crippen molar-refractivity contribution in [1.29, 1.82) is 5.26 Å². The van der Waals surface area contributed by atoms with Gasteiger partial charge >= 0.3 is 0 Å². The van der Waals surface area contributed by atoms with E-state index in [1.54, 1.807) is 0 Å². The third-order valence-corrected chi connectivity index (χ3v) is 2.29. The molecule has 62 valence electrons. The molecular formula is C9H16N2. The Bertz CT molecular complexity index is 142. The van der Waals surface area contributed by atoms with Crippen molar-refractivity contribution in [1.82, 2.24) is 4.90 Å². The van der Waals surface area contributed by atoms with Gasteiger partial charge in [-0.2, -0.15) is 5.26 Å². The van der Waals surface area contributed by atoms with Gasteiger partial charge in [-0.15, -0.1) is 0 Å². The van der Waals surface area contributed by atoms with Crippen LogP contribution in [0.1, 0.15) is 32.6 Å². The summed E-state index contributed by atoms with van der Waals surface area (Å²) in [5.41, 5.74) is 0. The highest BCUT2D eigenvalue weighted by Crippen LogP contribution is 2.14. The summed E-state index contributed by atoms with van der Waals surface area (Å²) in [6.07, 6.45) is 4.72. The van der Waals surface area contributed by atoms with Crippen LogP contribution < -0.4 is 0 Å². The van der Waals surface area contributed by atoms with E-state index in [9.17, 15) is 0 Å². The lowest BCUT2D eigenvalue weighted by atomic mass is 10.2. The monoisotopic (exact) mass is 152 g/mol. The van der Waals surface area contributed by atoms with Gasteiger partial charge < -0.3 is 0 Å². The zero-order valence-electron chi connectivity index (χ0n) is 7.21. The Kier molecular flexibility index (Phi) is 3.38. The Morgan fingerprint density at radius 2 is 2.09 bits per heavy atom. The Labute approximate surface area is 68.8 Å². The number of hydrogen-bond donors (Lipinski definition) is 0. The summed E-state index contributed by atoms with van der Waals surface area (Å²) < 4.78 is 0. The van der Waals surface area contributed by atoms with Crippen molar-refractivity contribution in [2.75, 3.05) is 13.1 Å². The first-order valence-corrected chi connectivity index (χ1v) is 4.52. The number of nitriles is 1. The molecule has 1 aliphatic heterocycles. The van der Waals surface area contributed by atoms with Gasteiger partial charge in [0.2, 0.25) is 0 Å². The summed E-state index contributed by atoms with van der Waals surface area (Å²) in [6.45, 7) is 4.41. The minimum Gasteiger partial charge on any atom is -0.288 e. The van der Waals surface area contributed by atoms with Gasteiger partial charge in [0.15, 0.2) is 0 Å². The second-order valence-electron chi connectivity index (χ2n) is 3.18. The molecule has 1 rings (SSSR count). The summed E-state index contributed by atoms with van der Waals surface area (Å²) >= 11 is 0. The third-order valence-electron chi connectivity index (χ3n) is 2.29. The molecule has 1 heterocycles. The Morgan fingerprint density at radius 3 is 2.55 bits per heavy atom. The lowest BCUT2D eigenvalue weighted by Crippen LogP contribution is -2.31. The van der Waals surface area contributed by atoms with E-state index < -0.39 is 0 Å². The molecule has 1 saturated heterocycles. The van der Waals surface area contributed by atoms with Crippen LogP contribution in [0.5, 0.6) is 0 Å². The Morgan fingerprint density at radius 1 is 1.45 bits per heavy atom. The van der Waals surface area contributed by atoms with Crippen molar-refractivity contribution < 1.29 is 0 Å². The molecule has 0 radical (unpaired) electrons. The minimum absolute atomic E-state index is 0.197. The largest absolute Gasteiger partial charge is 0.288 e. The van der Waals surface area contributed by atoms with Crippen LogP contribution in [0.3, 0.4) is 0 Å². The molecule has 0 spiro atoms. The van der Waals surface area contributed by atoms with E-state index in [0.29, 0.717) is 0 Å². The normalized spacial score (nSPS) is 21.5. The molecule has 0 aromatic carbocycles. The number of nitrogens with zero attached hydrogens (tertiary/aromatic N) is 2. The Hall–Kier alpha value is -0.550. The minimum atomic E-state index is 0.197. The van der Waals surface area contributed by atoms with Gasteiger partial charge in [0.25, 0.3) is 0 Å². The predicted octanol–water partition coefficient (Wildman–Crippen LogP) is 1.77. The molecule has 0 amide bonds. The molecule has 0 saturated carbocycles. The topological polar surface area (TPSA) is 27.0 Å². The second-order valence-corrected chi connectivity index (χ2v) is 3.18. The molecule has 0 aromatic heterocycles. The first kappa shape index (κ1) is 8.55. The lowest BCUT2D eigenvalue weighted by molar-refractivity contribution is 0.276. The predicted molar refractivity (Wildman–Crippen MR) is 45.1 cm³/mol. The molecule has 0 aliphatic carbocycles. The zero-order valence-corrected chi connectivity index (χ0v) is 7.21. The first-order chi connectivity index (χ1) is 5.38. The highest BCUT2D eigenvalue weighted by Gasteiger charge is 2.19. The number of hydrogen-bond acceptors (Lipinski definition) is 2. The maximum Gasteiger partial charge on any atom is 0.0977 e. The van der Waals surface area contributed by atoms with Gasteiger partial charge in [-0.3, -0.25) is 4.90 Å². The van der Waals surface area contributed by atoms with E-state index in [4.69, 9.17) is 5.26 Å². The van der Waals surface area contributed by atoms with E-state index in [-0.39, 0.29) is 6.04 Å². The van der Waals surface area contributed by atoms with Crippen molar-refractivity contribution >= 4 is 0 Å². The average Bonchev–Trinajstić information content (AvgIpc) is 2.52. The average molecular weight is 152 g/mol. The number of likely N-dealkylation sites (tertiary alicyclic amines) is 1. The molecule has 0 aromatic rings. The quantitative estimate of drug-likeness (QED) is 0.616. The summed E-state index contributed by atoms with van der Waals surface area (Å²) in [7, 11) is 0. The summed E-state index contributed by atoms with van der Waals surface area (Å²) in [5, 5.41) is 8.83. The van der Waals surface area contributed by atoms with Crippen molar-refractivity contribution in [2.45, 2.75) is 38.6 Å². The molecule has 1 fully saturated rings. The van der Waals surface area contributed by atoms with Crippen LogP contribution in [-0.2, 0) is 0 Å². The van der Waals surface area contributed by atoms with Gasteiger partial charge in [0, 0.05) is 0 Å². The van der Waals surface area contributed by atoms with E-state index in [2.05, 4.69) is 17.9 Å². The molecule has 1 atom stereocenters. The fourth-order valence-corrected chi connectivity index (χ4v) is 1.66. The van der Waals surface area contributed by atoms with Crippen LogP contribution in [0.25, 0.3) is 0 Å². The maximum atomic E-state index is 8.83. The maximum absolute atomic E-state index is 8.83. The molecule has 1 unspecified atom stereocenters. The smallest absolute Gasteiger partial charge is 0.0977 e. The van der Waals surface area contributed by atoms with Gasteiger partial charge in [-0.05, 0) is 32.4 Å². The van der Waals surface area contributed by atoms with Crippen LogP contribution in [0.4, 0.5) is 0 Å². The van der Waals surface area contributed by atoms with Crippen LogP contribution in [0.15, 0.2) is 0 Å². The van der Waals surface area contributed by atoms with Crippen molar-refractivity contribution in [3.05, 3.63) is 0 Å². The highest BCUT2D eigenvalue weighted by atomic mass is 15.2. The summed E-state index contributed by atoms with van der Waals surface area (Å²) in [5.74, 6) is 0. The van der Waals surface area contributed by atoms with E-state index in [0.717, 1.165) is 25.9 Å². The Balaban J connectivity index is 2.35. The fourth-order valence-electron chi connectivity index (χ4n) is 1.66. The van der Waals surface area contributed by atoms with E-state index in [1.807, 2.05) is 0 Å². The third kappa shape index (κ3) is 2.20. The standard InChI is InChI=1S/C9H16N2/c1-2-5-9(8-10)11-6-3-4-7-11/h9H,2-7H2,1H3. The molecule has 2 nitrogen and oxygen atoms in total. The zero-order chi connectivity index (χ0) is 8.10. The van der Waals surface area contributed by atoms with Crippen molar-refractivity contribution in [3.63, 3.8) is 0 Å². The fraction of sp³-hybridized carbons (Fsp3) is 0.889. The highest BCUT2D eigenvalue weighted by molar-refractivity contribution is 4.92. The van der Waals surface area contributed by atoms with Crippen LogP contribution in [-0.4, -0.2) is 24.0 Å². The number of rotatable bonds is 3. The lowest BCUT2D eigenvalue weighted by Gasteiger charge is -2.20. The van der Waals surface area contributed by atoms with Gasteiger partial charge in [0.05, 0.1) is 12.1 Å². The molecule has 11 heavy (non-hydrogen) atoms. The molecule has 1 aliphatic rings. The first-order valence-electron chi connectivity index (χ1n) is 4.52. The van der Waals surface area contributed by atoms with E-state index >= 15 is 0 Å². The van der Waals surface area contributed by atoms with Crippen molar-refractivity contribution in [2.24, 2.45) is 0 Å². The van der Waals surface area contributed by atoms with Gasteiger partial charge in [-0.25, -0.2) is 0 Å². The van der Waals surface area contributed by atoms with Crippen molar-refractivity contribution in [3.8, 4) is 6.07 Å². The van der Waals surface area contributed by atoms with E-state index in [1.165, 1.54) is 12.8 Å². The van der Waals surface area contributed by atoms with Crippen LogP contribution in [0.2, 0.25) is 0 Å². The molecular weight excluding hydrogens is 136 g/mol. The SMILES string of the molecule is CCCC(C#N)N1CCCC1. The summed E-state index contributed by atoms with van der Waals surface area (Å²) in [6, 6.07) is 2.57. The van der Waals surface area contributed by atoms with Gasteiger partial charge in [0.1, 0.15) is 0 Å². The molecule has 0 bridgehead atoms. The second kappa shape index (κ2) is 4.35.